The first kappa shape index (κ1) is 45.6. The van der Waals surface area contributed by atoms with E-state index in [9.17, 15) is 0 Å². The SMILES string of the molecule is [C]=O.[H-].[H-].[H-].[Rh+3].c1ccc(P(c2ccccc2)c2ccccc2)cc1.c1ccc(P(c2ccccc2)c2ccccc2)cc1.c1ccc(P(c2ccccc2)c2ccccc2)cc1. The van der Waals surface area contributed by atoms with Gasteiger partial charge in [-0.15, -0.1) is 0 Å². The van der Waals surface area contributed by atoms with Crippen molar-refractivity contribution in [1.29, 1.82) is 0 Å². The summed E-state index contributed by atoms with van der Waals surface area (Å²) in [5, 5.41) is 12.6. The second kappa shape index (κ2) is 25.9. The zero-order chi connectivity index (χ0) is 40.7. The van der Waals surface area contributed by atoms with Crippen molar-refractivity contribution < 1.29 is 28.6 Å². The molecule has 9 aromatic carbocycles. The molecule has 0 spiro atoms. The van der Waals surface area contributed by atoms with Gasteiger partial charge in [0.15, 0.2) is 0 Å². The fraction of sp³-hybridized carbons (Fsp3) is 0. The molecule has 0 unspecified atom stereocenters. The van der Waals surface area contributed by atoms with Crippen molar-refractivity contribution in [2.45, 2.75) is 0 Å². The Morgan fingerprint density at radius 2 is 0.283 bits per heavy atom. The second-order valence-corrected chi connectivity index (χ2v) is 19.7. The fourth-order valence-corrected chi connectivity index (χ4v) is 13.5. The van der Waals surface area contributed by atoms with Crippen molar-refractivity contribution in [3.8, 4) is 0 Å². The molecule has 0 aliphatic heterocycles. The smallest absolute Gasteiger partial charge is 1.00 e. The van der Waals surface area contributed by atoms with E-state index in [1.807, 2.05) is 0 Å². The molecule has 0 amide bonds. The van der Waals surface area contributed by atoms with Crippen molar-refractivity contribution in [3.05, 3.63) is 273 Å². The van der Waals surface area contributed by atoms with Gasteiger partial charge in [0, 0.05) is 0 Å². The van der Waals surface area contributed by atoms with Crippen LogP contribution in [0.15, 0.2) is 273 Å². The Bertz CT molecular complexity index is 1900. The summed E-state index contributed by atoms with van der Waals surface area (Å²) < 4.78 is 0. The molecule has 0 bridgehead atoms. The van der Waals surface area contributed by atoms with E-state index in [1.165, 1.54) is 47.7 Å². The first-order chi connectivity index (χ1) is 29.3. The quantitative estimate of drug-likeness (QED) is 0.104. The zero-order valence-corrected chi connectivity index (χ0v) is 37.4. The minimum absolute atomic E-state index is 0. The molecule has 0 saturated heterocycles. The number of hydrogen-bond donors (Lipinski definition) is 0. The Morgan fingerprint density at radius 3 is 0.367 bits per heavy atom. The van der Waals surface area contributed by atoms with Gasteiger partial charge in [-0.3, -0.25) is 4.79 Å². The number of hydrogen-bond acceptors (Lipinski definition) is 1. The van der Waals surface area contributed by atoms with Crippen LogP contribution in [0.4, 0.5) is 0 Å². The van der Waals surface area contributed by atoms with Gasteiger partial charge in [-0.05, 0) is 71.5 Å². The van der Waals surface area contributed by atoms with Gasteiger partial charge in [-0.2, -0.15) is 0 Å². The molecule has 0 fully saturated rings. The Balaban J connectivity index is 0.000000309. The van der Waals surface area contributed by atoms with E-state index < -0.39 is 23.8 Å². The molecular weight excluding hydrogens is 872 g/mol. The predicted octanol–water partition coefficient (Wildman–Crippen LogP) is 10.3. The molecule has 0 heterocycles. The van der Waals surface area contributed by atoms with Gasteiger partial charge in [0.2, 0.25) is 0 Å². The molecule has 0 atom stereocenters. The minimum Gasteiger partial charge on any atom is -1.00 e. The first-order valence-electron chi connectivity index (χ1n) is 19.4. The molecule has 1 nitrogen and oxygen atoms in total. The van der Waals surface area contributed by atoms with Gasteiger partial charge < -0.3 is 4.28 Å². The van der Waals surface area contributed by atoms with E-state index in [2.05, 4.69) is 280 Å². The van der Waals surface area contributed by atoms with Crippen LogP contribution in [0.25, 0.3) is 0 Å². The topological polar surface area (TPSA) is 17.1 Å². The Kier molecular flexibility index (Phi) is 19.7. The van der Waals surface area contributed by atoms with Crippen molar-refractivity contribution in [1.82, 2.24) is 0 Å². The monoisotopic (exact) mass is 920 g/mol. The summed E-state index contributed by atoms with van der Waals surface area (Å²) in [6.07, 6.45) is 0. The molecule has 298 valence electrons. The first-order valence-corrected chi connectivity index (χ1v) is 23.4. The summed E-state index contributed by atoms with van der Waals surface area (Å²) in [4.78, 5) is 7.50. The molecule has 0 saturated carbocycles. The molecule has 0 aromatic heterocycles. The average Bonchev–Trinajstić information content (AvgIpc) is 3.34. The van der Waals surface area contributed by atoms with E-state index in [-0.39, 0.29) is 23.8 Å². The number of rotatable bonds is 9. The van der Waals surface area contributed by atoms with Gasteiger partial charge in [0.1, 0.15) is 0 Å². The third-order valence-corrected chi connectivity index (χ3v) is 16.5. The second-order valence-electron chi connectivity index (χ2n) is 13.0. The predicted molar refractivity (Wildman–Crippen MR) is 264 cm³/mol. The molecule has 9 rings (SSSR count). The van der Waals surface area contributed by atoms with Gasteiger partial charge in [0.25, 0.3) is 6.79 Å². The number of benzene rings is 9. The third-order valence-electron chi connectivity index (χ3n) is 9.13. The van der Waals surface area contributed by atoms with E-state index >= 15 is 0 Å². The van der Waals surface area contributed by atoms with Gasteiger partial charge in [-0.1, -0.05) is 273 Å². The fourth-order valence-electron chi connectivity index (χ4n) is 6.54. The Labute approximate surface area is 377 Å². The summed E-state index contributed by atoms with van der Waals surface area (Å²) in [6.45, 7) is 4.50. The normalized spacial score (nSPS) is 10.1. The summed E-state index contributed by atoms with van der Waals surface area (Å²) in [6, 6.07) is 97.0. The molecule has 60 heavy (non-hydrogen) atoms. The van der Waals surface area contributed by atoms with Crippen LogP contribution in [-0.2, 0) is 24.3 Å². The van der Waals surface area contributed by atoms with Crippen LogP contribution in [0.1, 0.15) is 4.28 Å². The van der Waals surface area contributed by atoms with Crippen molar-refractivity contribution in [2.24, 2.45) is 0 Å². The van der Waals surface area contributed by atoms with Crippen LogP contribution in [0.2, 0.25) is 0 Å². The average molecular weight is 921 g/mol. The maximum atomic E-state index is 7.50. The molecule has 9 aromatic rings. The summed E-state index contributed by atoms with van der Waals surface area (Å²) >= 11 is 0. The van der Waals surface area contributed by atoms with Crippen molar-refractivity contribution in [2.75, 3.05) is 0 Å². The van der Waals surface area contributed by atoms with Crippen molar-refractivity contribution >= 4 is 78.3 Å². The summed E-state index contributed by atoms with van der Waals surface area (Å²) in [5.41, 5.74) is 0. The largest absolute Gasteiger partial charge is 3.00 e. The summed E-state index contributed by atoms with van der Waals surface area (Å²) in [7, 11) is -1.34. The van der Waals surface area contributed by atoms with E-state index in [1.54, 1.807) is 0 Å². The Hall–Kier alpha value is -5.44. The van der Waals surface area contributed by atoms with Crippen LogP contribution in [0.5, 0.6) is 0 Å². The van der Waals surface area contributed by atoms with Crippen LogP contribution in [-0.4, -0.2) is 6.79 Å². The number of carbonyl (C=O) groups excluding carboxylic acids is 1. The van der Waals surface area contributed by atoms with Crippen LogP contribution >= 0.6 is 23.8 Å². The molecule has 0 aliphatic rings. The molecule has 2 radical (unpaired) electrons. The Morgan fingerprint density at radius 1 is 0.200 bits per heavy atom. The third kappa shape index (κ3) is 13.3. The molecule has 0 aliphatic carbocycles. The van der Waals surface area contributed by atoms with Gasteiger partial charge in [0.05, 0.1) is 0 Å². The summed E-state index contributed by atoms with van der Waals surface area (Å²) in [5.74, 6) is 0. The van der Waals surface area contributed by atoms with Gasteiger partial charge >= 0.3 is 19.5 Å². The minimum atomic E-state index is -0.446. The maximum absolute atomic E-state index is 7.50. The van der Waals surface area contributed by atoms with Crippen LogP contribution in [0, 0.1) is 0 Å². The standard InChI is InChI=1S/3C18H15P.CO.Rh.3H/c3*1-4-10-16(11-5-1)19(17-12-6-2-7-13-17)18-14-8-3-9-15-18;1-2;;;;/h3*1-15H;;;;;/q;;;;+3;3*-1. The van der Waals surface area contributed by atoms with Crippen LogP contribution in [0.3, 0.4) is 0 Å². The molecule has 5 heteroatoms. The van der Waals surface area contributed by atoms with Crippen LogP contribution < -0.4 is 47.7 Å². The molecule has 0 N–H and O–H groups in total. The van der Waals surface area contributed by atoms with E-state index in [0.717, 1.165) is 0 Å². The maximum Gasteiger partial charge on any atom is 3.00 e. The molecular formula is C55H48OP3Rh. The van der Waals surface area contributed by atoms with Gasteiger partial charge in [-0.25, -0.2) is 0 Å². The van der Waals surface area contributed by atoms with E-state index in [4.69, 9.17) is 4.79 Å². The zero-order valence-electron chi connectivity index (χ0n) is 36.1. The van der Waals surface area contributed by atoms with E-state index in [0.29, 0.717) is 0 Å². The van der Waals surface area contributed by atoms with Crippen molar-refractivity contribution in [3.63, 3.8) is 0 Å².